The van der Waals surface area contributed by atoms with Gasteiger partial charge < -0.3 is 14.8 Å². The van der Waals surface area contributed by atoms with Crippen molar-refractivity contribution in [3.8, 4) is 0 Å². The van der Waals surface area contributed by atoms with Gasteiger partial charge >= 0.3 is 0 Å². The molecule has 0 spiro atoms. The summed E-state index contributed by atoms with van der Waals surface area (Å²) < 4.78 is 2.28. The van der Waals surface area contributed by atoms with Gasteiger partial charge in [0.1, 0.15) is 0 Å². The molecule has 1 aliphatic rings. The number of aryl methyl sites for hydroxylation is 1. The van der Waals surface area contributed by atoms with Gasteiger partial charge in [-0.3, -0.25) is 4.79 Å². The SMILES string of the molecule is CNCC1CCN(C(=O)c2cc(C)n(C(C)c3ccccc3)c2C)C1. The van der Waals surface area contributed by atoms with Gasteiger partial charge in [0.25, 0.3) is 5.91 Å². The number of nitrogens with one attached hydrogen (secondary N) is 1. The van der Waals surface area contributed by atoms with Crippen LogP contribution in [-0.4, -0.2) is 42.1 Å². The lowest BCUT2D eigenvalue weighted by atomic mass is 10.1. The molecule has 2 aromatic rings. The Hall–Kier alpha value is -2.07. The lowest BCUT2D eigenvalue weighted by Gasteiger charge is -2.20. The van der Waals surface area contributed by atoms with E-state index in [1.807, 2.05) is 18.0 Å². The van der Waals surface area contributed by atoms with E-state index in [0.29, 0.717) is 5.92 Å². The maximum absolute atomic E-state index is 13.0. The van der Waals surface area contributed by atoms with Crippen LogP contribution in [0.25, 0.3) is 0 Å². The first kappa shape index (κ1) is 17.7. The Morgan fingerprint density at radius 3 is 2.68 bits per heavy atom. The molecular weight excluding hydrogens is 310 g/mol. The number of aromatic nitrogens is 1. The smallest absolute Gasteiger partial charge is 0.255 e. The molecule has 2 unspecified atom stereocenters. The summed E-state index contributed by atoms with van der Waals surface area (Å²) in [5.41, 5.74) is 4.32. The van der Waals surface area contributed by atoms with Crippen molar-refractivity contribution in [1.29, 1.82) is 0 Å². The fourth-order valence-electron chi connectivity index (χ4n) is 4.11. The molecule has 0 radical (unpaired) electrons. The molecule has 2 atom stereocenters. The summed E-state index contributed by atoms with van der Waals surface area (Å²) in [4.78, 5) is 15.0. The van der Waals surface area contributed by atoms with E-state index in [2.05, 4.69) is 61.0 Å². The Morgan fingerprint density at radius 1 is 1.28 bits per heavy atom. The molecule has 134 valence electrons. The molecule has 0 saturated carbocycles. The first-order chi connectivity index (χ1) is 12.0. The molecule has 4 nitrogen and oxygen atoms in total. The standard InChI is InChI=1S/C21H29N3O/c1-15-12-20(21(25)23-11-10-18(14-23)13-22-4)17(3)24(15)16(2)19-8-6-5-7-9-19/h5-9,12,16,18,22H,10-11,13-14H2,1-4H3. The van der Waals surface area contributed by atoms with Crippen molar-refractivity contribution in [2.24, 2.45) is 5.92 Å². The second kappa shape index (κ2) is 7.44. The number of benzene rings is 1. The Balaban J connectivity index is 1.84. The molecule has 4 heteroatoms. The third-order valence-electron chi connectivity index (χ3n) is 5.45. The molecule has 1 amide bonds. The predicted molar refractivity (Wildman–Crippen MR) is 102 cm³/mol. The van der Waals surface area contributed by atoms with Crippen LogP contribution < -0.4 is 5.32 Å². The van der Waals surface area contributed by atoms with E-state index in [9.17, 15) is 4.79 Å². The van der Waals surface area contributed by atoms with E-state index < -0.39 is 0 Å². The van der Waals surface area contributed by atoms with E-state index >= 15 is 0 Å². The number of nitrogens with zero attached hydrogens (tertiary/aromatic N) is 2. The topological polar surface area (TPSA) is 37.3 Å². The number of likely N-dealkylation sites (tertiary alicyclic amines) is 1. The summed E-state index contributed by atoms with van der Waals surface area (Å²) in [7, 11) is 1.98. The van der Waals surface area contributed by atoms with Gasteiger partial charge in [0.15, 0.2) is 0 Å². The van der Waals surface area contributed by atoms with E-state index in [1.54, 1.807) is 0 Å². The van der Waals surface area contributed by atoms with E-state index in [-0.39, 0.29) is 11.9 Å². The van der Waals surface area contributed by atoms with Crippen LogP contribution in [0.5, 0.6) is 0 Å². The van der Waals surface area contributed by atoms with E-state index in [1.165, 1.54) is 5.56 Å². The monoisotopic (exact) mass is 339 g/mol. The minimum Gasteiger partial charge on any atom is -0.341 e. The van der Waals surface area contributed by atoms with Crippen LogP contribution in [0.1, 0.15) is 46.7 Å². The van der Waals surface area contributed by atoms with Gasteiger partial charge in [-0.25, -0.2) is 0 Å². The fraction of sp³-hybridized carbons (Fsp3) is 0.476. The predicted octanol–water partition coefficient (Wildman–Crippen LogP) is 3.40. The molecule has 1 N–H and O–H groups in total. The first-order valence-corrected chi connectivity index (χ1v) is 9.20. The molecule has 1 aromatic heterocycles. The Morgan fingerprint density at radius 2 is 2.00 bits per heavy atom. The van der Waals surface area contributed by atoms with Crippen molar-refractivity contribution < 1.29 is 4.79 Å². The van der Waals surface area contributed by atoms with E-state index in [4.69, 9.17) is 0 Å². The molecular formula is C21H29N3O. The molecule has 0 aliphatic carbocycles. The number of hydrogen-bond donors (Lipinski definition) is 1. The lowest BCUT2D eigenvalue weighted by Crippen LogP contribution is -2.30. The van der Waals surface area contributed by atoms with Crippen molar-refractivity contribution >= 4 is 5.91 Å². The molecule has 1 aliphatic heterocycles. The van der Waals surface area contributed by atoms with Gasteiger partial charge in [0.05, 0.1) is 11.6 Å². The molecule has 0 bridgehead atoms. The lowest BCUT2D eigenvalue weighted by molar-refractivity contribution is 0.0786. The van der Waals surface area contributed by atoms with Gasteiger partial charge in [-0.1, -0.05) is 30.3 Å². The Kier molecular flexibility index (Phi) is 5.28. The van der Waals surface area contributed by atoms with E-state index in [0.717, 1.165) is 43.0 Å². The summed E-state index contributed by atoms with van der Waals surface area (Å²) in [6.07, 6.45) is 1.09. The zero-order valence-corrected chi connectivity index (χ0v) is 15.7. The largest absolute Gasteiger partial charge is 0.341 e. The first-order valence-electron chi connectivity index (χ1n) is 9.20. The summed E-state index contributed by atoms with van der Waals surface area (Å²) in [5, 5.41) is 3.22. The third-order valence-corrected chi connectivity index (χ3v) is 5.45. The van der Waals surface area contributed by atoms with Crippen molar-refractivity contribution in [1.82, 2.24) is 14.8 Å². The average Bonchev–Trinajstić information content (AvgIpc) is 3.19. The van der Waals surface area contributed by atoms with Gasteiger partial charge in [-0.2, -0.15) is 0 Å². The van der Waals surface area contributed by atoms with Crippen molar-refractivity contribution in [2.75, 3.05) is 26.7 Å². The van der Waals surface area contributed by atoms with Crippen molar-refractivity contribution in [2.45, 2.75) is 33.2 Å². The van der Waals surface area contributed by atoms with Gasteiger partial charge in [0.2, 0.25) is 0 Å². The summed E-state index contributed by atoms with van der Waals surface area (Å²) in [6.45, 7) is 9.06. The third kappa shape index (κ3) is 3.49. The number of hydrogen-bond acceptors (Lipinski definition) is 2. The van der Waals surface area contributed by atoms with Crippen LogP contribution in [0.2, 0.25) is 0 Å². The van der Waals surface area contributed by atoms with Crippen LogP contribution in [0, 0.1) is 19.8 Å². The maximum Gasteiger partial charge on any atom is 0.255 e. The van der Waals surface area contributed by atoms with Gasteiger partial charge in [-0.05, 0) is 58.3 Å². The zero-order chi connectivity index (χ0) is 18.0. The molecule has 1 aromatic carbocycles. The van der Waals surface area contributed by atoms with Crippen LogP contribution in [0.15, 0.2) is 36.4 Å². The minimum absolute atomic E-state index is 0.179. The number of carbonyl (C=O) groups excluding carboxylic acids is 1. The second-order valence-corrected chi connectivity index (χ2v) is 7.21. The highest BCUT2D eigenvalue weighted by atomic mass is 16.2. The molecule has 2 heterocycles. The van der Waals surface area contributed by atoms with Crippen molar-refractivity contribution in [3.63, 3.8) is 0 Å². The van der Waals surface area contributed by atoms with Gasteiger partial charge in [0, 0.05) is 24.5 Å². The summed E-state index contributed by atoms with van der Waals surface area (Å²) >= 11 is 0. The van der Waals surface area contributed by atoms with Crippen molar-refractivity contribution in [3.05, 3.63) is 58.9 Å². The van der Waals surface area contributed by atoms with Crippen LogP contribution in [0.4, 0.5) is 0 Å². The van der Waals surface area contributed by atoms with Crippen LogP contribution in [0.3, 0.4) is 0 Å². The minimum atomic E-state index is 0.179. The molecule has 1 saturated heterocycles. The average molecular weight is 339 g/mol. The van der Waals surface area contributed by atoms with Gasteiger partial charge in [-0.15, -0.1) is 0 Å². The highest BCUT2D eigenvalue weighted by Crippen LogP contribution is 2.27. The van der Waals surface area contributed by atoms with Crippen LogP contribution in [-0.2, 0) is 0 Å². The van der Waals surface area contributed by atoms with Crippen LogP contribution >= 0.6 is 0 Å². The Labute approximate surface area is 150 Å². The molecule has 3 rings (SSSR count). The highest BCUT2D eigenvalue weighted by Gasteiger charge is 2.29. The fourth-order valence-corrected chi connectivity index (χ4v) is 4.11. The normalized spacial score (nSPS) is 18.6. The second-order valence-electron chi connectivity index (χ2n) is 7.21. The zero-order valence-electron chi connectivity index (χ0n) is 15.7. The summed E-state index contributed by atoms with van der Waals surface area (Å²) in [6, 6.07) is 12.7. The quantitative estimate of drug-likeness (QED) is 0.906. The number of amides is 1. The molecule has 1 fully saturated rings. The number of rotatable bonds is 5. The molecule has 25 heavy (non-hydrogen) atoms. The summed E-state index contributed by atoms with van der Waals surface area (Å²) in [5.74, 6) is 0.749. The maximum atomic E-state index is 13.0. The number of carbonyl (C=O) groups is 1. The highest BCUT2D eigenvalue weighted by molar-refractivity contribution is 5.96. The Bertz CT molecular complexity index is 735.